The first-order chi connectivity index (χ1) is 9.09. The predicted octanol–water partition coefficient (Wildman–Crippen LogP) is 3.14. The number of ketones is 1. The first-order valence-corrected chi connectivity index (χ1v) is 6.58. The molecule has 0 radical (unpaired) electrons. The molecule has 0 aromatic heterocycles. The highest BCUT2D eigenvalue weighted by atomic mass is 32.2. The van der Waals surface area contributed by atoms with Crippen LogP contribution in [-0.4, -0.2) is 11.7 Å². The van der Waals surface area contributed by atoms with Gasteiger partial charge >= 0.3 is 0 Å². The third-order valence-corrected chi connectivity index (χ3v) is 3.79. The molecule has 0 aliphatic carbocycles. The molecule has 0 aliphatic heterocycles. The highest BCUT2D eigenvalue weighted by Gasteiger charge is 2.12. The van der Waals surface area contributed by atoms with E-state index >= 15 is 0 Å². The molecule has 2 N–H and O–H groups in total. The first kappa shape index (κ1) is 13.4. The van der Waals surface area contributed by atoms with E-state index in [0.29, 0.717) is 11.1 Å². The van der Waals surface area contributed by atoms with E-state index in [2.05, 4.69) is 0 Å². The SMILES string of the molecule is CC(=O)c1ccccc1Sc1ccccc1C(N)=O. The fourth-order valence-corrected chi connectivity index (χ4v) is 2.85. The van der Waals surface area contributed by atoms with Crippen molar-refractivity contribution in [1.29, 1.82) is 0 Å². The zero-order valence-electron chi connectivity index (χ0n) is 10.4. The van der Waals surface area contributed by atoms with E-state index in [9.17, 15) is 9.59 Å². The number of primary amides is 1. The quantitative estimate of drug-likeness (QED) is 0.869. The van der Waals surface area contributed by atoms with Crippen molar-refractivity contribution in [2.24, 2.45) is 5.73 Å². The van der Waals surface area contributed by atoms with Gasteiger partial charge in [0.15, 0.2) is 5.78 Å². The Kier molecular flexibility index (Phi) is 4.02. The van der Waals surface area contributed by atoms with Crippen LogP contribution >= 0.6 is 11.8 Å². The van der Waals surface area contributed by atoms with Crippen molar-refractivity contribution in [2.45, 2.75) is 16.7 Å². The van der Waals surface area contributed by atoms with Crippen molar-refractivity contribution < 1.29 is 9.59 Å². The number of carbonyl (C=O) groups excluding carboxylic acids is 2. The molecule has 0 aliphatic rings. The van der Waals surface area contributed by atoms with E-state index in [1.54, 1.807) is 18.2 Å². The zero-order chi connectivity index (χ0) is 13.8. The fraction of sp³-hybridized carbons (Fsp3) is 0.0667. The van der Waals surface area contributed by atoms with Gasteiger partial charge in [0.1, 0.15) is 0 Å². The molecular formula is C15H13NO2S. The fourth-order valence-electron chi connectivity index (χ4n) is 1.72. The van der Waals surface area contributed by atoms with Gasteiger partial charge < -0.3 is 5.73 Å². The van der Waals surface area contributed by atoms with Crippen molar-refractivity contribution in [3.8, 4) is 0 Å². The van der Waals surface area contributed by atoms with Crippen LogP contribution in [0.15, 0.2) is 58.3 Å². The van der Waals surface area contributed by atoms with Crippen LogP contribution in [0.1, 0.15) is 27.6 Å². The monoisotopic (exact) mass is 271 g/mol. The summed E-state index contributed by atoms with van der Waals surface area (Å²) in [5, 5.41) is 0. The first-order valence-electron chi connectivity index (χ1n) is 5.76. The second-order valence-electron chi connectivity index (χ2n) is 4.01. The van der Waals surface area contributed by atoms with Gasteiger partial charge in [0.25, 0.3) is 0 Å². The van der Waals surface area contributed by atoms with Crippen LogP contribution < -0.4 is 5.73 Å². The molecule has 0 heterocycles. The van der Waals surface area contributed by atoms with Crippen LogP contribution in [0.5, 0.6) is 0 Å². The van der Waals surface area contributed by atoms with E-state index in [0.717, 1.165) is 9.79 Å². The van der Waals surface area contributed by atoms with Crippen molar-refractivity contribution >= 4 is 23.5 Å². The number of carbonyl (C=O) groups is 2. The summed E-state index contributed by atoms with van der Waals surface area (Å²) < 4.78 is 0. The van der Waals surface area contributed by atoms with Crippen molar-refractivity contribution in [1.82, 2.24) is 0 Å². The number of nitrogens with two attached hydrogens (primary N) is 1. The minimum absolute atomic E-state index is 0.000318. The molecule has 0 atom stereocenters. The van der Waals surface area contributed by atoms with Crippen molar-refractivity contribution in [3.63, 3.8) is 0 Å². The number of Topliss-reactive ketones (excluding diaryl/α,β-unsaturated/α-hetero) is 1. The molecule has 2 aromatic rings. The van der Waals surface area contributed by atoms with Crippen LogP contribution in [-0.2, 0) is 0 Å². The summed E-state index contributed by atoms with van der Waals surface area (Å²) in [6, 6.07) is 14.4. The maximum atomic E-state index is 11.6. The largest absolute Gasteiger partial charge is 0.366 e. The topological polar surface area (TPSA) is 60.2 Å². The van der Waals surface area contributed by atoms with Gasteiger partial charge in [-0.1, -0.05) is 42.1 Å². The second-order valence-corrected chi connectivity index (χ2v) is 5.10. The Bertz CT molecular complexity index is 582. The Morgan fingerprint density at radius 3 is 1.89 bits per heavy atom. The lowest BCUT2D eigenvalue weighted by molar-refractivity contribution is 0.0994. The maximum Gasteiger partial charge on any atom is 0.249 e. The van der Waals surface area contributed by atoms with Crippen LogP contribution in [0.4, 0.5) is 0 Å². The lowest BCUT2D eigenvalue weighted by Gasteiger charge is -2.09. The number of hydrogen-bond donors (Lipinski definition) is 1. The minimum Gasteiger partial charge on any atom is -0.366 e. The van der Waals surface area contributed by atoms with Crippen molar-refractivity contribution in [2.75, 3.05) is 0 Å². The Morgan fingerprint density at radius 1 is 0.895 bits per heavy atom. The molecule has 0 unspecified atom stereocenters. The standard InChI is InChI=1S/C15H13NO2S/c1-10(17)11-6-2-4-8-13(11)19-14-9-5-3-7-12(14)15(16)18/h2-9H,1H3,(H2,16,18). The van der Waals surface area contributed by atoms with Gasteiger partial charge in [-0.05, 0) is 25.1 Å². The van der Waals surface area contributed by atoms with Crippen LogP contribution in [0.3, 0.4) is 0 Å². The van der Waals surface area contributed by atoms with Gasteiger partial charge in [-0.2, -0.15) is 0 Å². The normalized spacial score (nSPS) is 10.2. The molecule has 3 nitrogen and oxygen atoms in total. The van der Waals surface area contributed by atoms with Crippen LogP contribution in [0, 0.1) is 0 Å². The molecule has 0 saturated heterocycles. The van der Waals surface area contributed by atoms with Gasteiger partial charge in [0.2, 0.25) is 5.91 Å². The molecular weight excluding hydrogens is 258 g/mol. The van der Waals surface area contributed by atoms with E-state index in [1.165, 1.54) is 18.7 Å². The number of hydrogen-bond acceptors (Lipinski definition) is 3. The molecule has 2 aromatic carbocycles. The van der Waals surface area contributed by atoms with Crippen molar-refractivity contribution in [3.05, 3.63) is 59.7 Å². The van der Waals surface area contributed by atoms with E-state index in [4.69, 9.17) is 5.73 Å². The molecule has 0 spiro atoms. The van der Waals surface area contributed by atoms with Gasteiger partial charge in [-0.3, -0.25) is 9.59 Å². The molecule has 19 heavy (non-hydrogen) atoms. The third kappa shape index (κ3) is 3.03. The smallest absolute Gasteiger partial charge is 0.249 e. The molecule has 96 valence electrons. The average Bonchev–Trinajstić information content (AvgIpc) is 2.39. The minimum atomic E-state index is -0.469. The maximum absolute atomic E-state index is 11.6. The molecule has 2 rings (SSSR count). The summed E-state index contributed by atoms with van der Waals surface area (Å²) in [6.07, 6.45) is 0. The van der Waals surface area contributed by atoms with Gasteiger partial charge in [-0.25, -0.2) is 0 Å². The molecule has 0 fully saturated rings. The molecule has 4 heteroatoms. The van der Waals surface area contributed by atoms with Gasteiger partial charge in [0, 0.05) is 15.4 Å². The highest BCUT2D eigenvalue weighted by Crippen LogP contribution is 2.32. The number of rotatable bonds is 4. The Morgan fingerprint density at radius 2 is 1.37 bits per heavy atom. The summed E-state index contributed by atoms with van der Waals surface area (Å²) in [4.78, 5) is 24.5. The van der Waals surface area contributed by atoms with Crippen LogP contribution in [0.2, 0.25) is 0 Å². The Hall–Kier alpha value is -2.07. The third-order valence-electron chi connectivity index (χ3n) is 2.64. The number of amides is 1. The zero-order valence-corrected chi connectivity index (χ0v) is 11.2. The number of benzene rings is 2. The Balaban J connectivity index is 2.42. The lowest BCUT2D eigenvalue weighted by atomic mass is 10.1. The van der Waals surface area contributed by atoms with E-state index < -0.39 is 5.91 Å². The Labute approximate surface area is 115 Å². The van der Waals surface area contributed by atoms with Gasteiger partial charge in [-0.15, -0.1) is 0 Å². The average molecular weight is 271 g/mol. The van der Waals surface area contributed by atoms with E-state index in [-0.39, 0.29) is 5.78 Å². The summed E-state index contributed by atoms with van der Waals surface area (Å²) >= 11 is 1.38. The second kappa shape index (κ2) is 5.71. The van der Waals surface area contributed by atoms with E-state index in [1.807, 2.05) is 30.3 Å². The molecule has 0 saturated carbocycles. The molecule has 0 bridgehead atoms. The summed E-state index contributed by atoms with van der Waals surface area (Å²) in [7, 11) is 0. The van der Waals surface area contributed by atoms with Gasteiger partial charge in [0.05, 0.1) is 5.56 Å². The lowest BCUT2D eigenvalue weighted by Crippen LogP contribution is -2.11. The highest BCUT2D eigenvalue weighted by molar-refractivity contribution is 7.99. The predicted molar refractivity (Wildman–Crippen MR) is 75.5 cm³/mol. The van der Waals surface area contributed by atoms with Crippen LogP contribution in [0.25, 0.3) is 0 Å². The summed E-state index contributed by atoms with van der Waals surface area (Å²) in [6.45, 7) is 1.53. The summed E-state index contributed by atoms with van der Waals surface area (Å²) in [5.74, 6) is -0.469. The summed E-state index contributed by atoms with van der Waals surface area (Å²) in [5.41, 5.74) is 6.46. The molecule has 1 amide bonds.